The van der Waals surface area contributed by atoms with Crippen molar-refractivity contribution in [3.63, 3.8) is 0 Å². The maximum absolute atomic E-state index is 5.93. The Morgan fingerprint density at radius 1 is 1.29 bits per heavy atom. The molecule has 4 heteroatoms. The van der Waals surface area contributed by atoms with Crippen LogP contribution in [0.15, 0.2) is 18.3 Å². The number of hydrogen-bond acceptors (Lipinski definition) is 2. The van der Waals surface area contributed by atoms with E-state index in [4.69, 9.17) is 11.6 Å². The molecule has 0 saturated carbocycles. The molecule has 0 unspecified atom stereocenters. The molecule has 0 fully saturated rings. The van der Waals surface area contributed by atoms with Gasteiger partial charge in [0.1, 0.15) is 0 Å². The maximum Gasteiger partial charge on any atom is 0.155 e. The van der Waals surface area contributed by atoms with E-state index in [0.717, 1.165) is 11.3 Å². The van der Waals surface area contributed by atoms with Crippen LogP contribution in [0.25, 0.3) is 5.65 Å². The smallest absolute Gasteiger partial charge is 0.155 e. The van der Waals surface area contributed by atoms with Gasteiger partial charge in [0, 0.05) is 5.41 Å². The van der Waals surface area contributed by atoms with E-state index in [9.17, 15) is 0 Å². The van der Waals surface area contributed by atoms with Crippen LogP contribution in [0.2, 0.25) is 5.15 Å². The van der Waals surface area contributed by atoms with E-state index in [0.29, 0.717) is 5.15 Å². The predicted octanol–water partition coefficient (Wildman–Crippen LogP) is 2.68. The number of hydrogen-bond donors (Lipinski definition) is 0. The topological polar surface area (TPSA) is 30.2 Å². The molecule has 0 bridgehead atoms. The van der Waals surface area contributed by atoms with Crippen LogP contribution >= 0.6 is 11.6 Å². The van der Waals surface area contributed by atoms with Crippen LogP contribution in [0, 0.1) is 0 Å². The monoisotopic (exact) mass is 209 g/mol. The van der Waals surface area contributed by atoms with Crippen molar-refractivity contribution in [3.05, 3.63) is 29.2 Å². The van der Waals surface area contributed by atoms with Crippen LogP contribution in [0.4, 0.5) is 0 Å². The van der Waals surface area contributed by atoms with Crippen LogP contribution in [-0.4, -0.2) is 14.6 Å². The van der Waals surface area contributed by atoms with Gasteiger partial charge in [0.25, 0.3) is 0 Å². The van der Waals surface area contributed by atoms with Gasteiger partial charge in [-0.2, -0.15) is 5.10 Å². The molecule has 14 heavy (non-hydrogen) atoms. The van der Waals surface area contributed by atoms with Crippen molar-refractivity contribution in [2.75, 3.05) is 0 Å². The summed E-state index contributed by atoms with van der Waals surface area (Å²) in [5.74, 6) is 0. The summed E-state index contributed by atoms with van der Waals surface area (Å²) in [5.41, 5.74) is 1.81. The van der Waals surface area contributed by atoms with Gasteiger partial charge in [-0.1, -0.05) is 32.4 Å². The van der Waals surface area contributed by atoms with Crippen molar-refractivity contribution in [1.82, 2.24) is 14.6 Å². The molecule has 2 aromatic rings. The molecule has 0 spiro atoms. The van der Waals surface area contributed by atoms with Gasteiger partial charge in [-0.15, -0.1) is 0 Å². The van der Waals surface area contributed by atoms with Crippen LogP contribution in [0.5, 0.6) is 0 Å². The average molecular weight is 210 g/mol. The van der Waals surface area contributed by atoms with Gasteiger partial charge in [0.05, 0.1) is 11.9 Å². The number of imidazole rings is 1. The van der Waals surface area contributed by atoms with Crippen LogP contribution in [-0.2, 0) is 5.41 Å². The molecule has 0 atom stereocenters. The number of nitrogens with zero attached hydrogens (tertiary/aromatic N) is 3. The van der Waals surface area contributed by atoms with E-state index in [2.05, 4.69) is 30.9 Å². The number of aromatic nitrogens is 3. The van der Waals surface area contributed by atoms with Crippen LogP contribution in [0.3, 0.4) is 0 Å². The lowest BCUT2D eigenvalue weighted by atomic mass is 9.92. The zero-order chi connectivity index (χ0) is 10.3. The molecule has 2 heterocycles. The molecule has 3 nitrogen and oxygen atoms in total. The Labute approximate surface area is 87.7 Å². The van der Waals surface area contributed by atoms with E-state index in [1.807, 2.05) is 12.1 Å². The highest BCUT2D eigenvalue weighted by Gasteiger charge is 2.16. The molecule has 0 aliphatic carbocycles. The molecule has 2 aromatic heterocycles. The summed E-state index contributed by atoms with van der Waals surface area (Å²) in [7, 11) is 0. The predicted molar refractivity (Wildman–Crippen MR) is 56.7 cm³/mol. The summed E-state index contributed by atoms with van der Waals surface area (Å²) < 4.78 is 1.65. The Balaban J connectivity index is 2.66. The molecule has 2 rings (SSSR count). The molecular weight excluding hydrogens is 198 g/mol. The molecular formula is C10H12ClN3. The van der Waals surface area contributed by atoms with Crippen LogP contribution in [0.1, 0.15) is 26.5 Å². The molecule has 0 aliphatic heterocycles. The highest BCUT2D eigenvalue weighted by atomic mass is 35.5. The zero-order valence-electron chi connectivity index (χ0n) is 8.45. The van der Waals surface area contributed by atoms with Gasteiger partial charge < -0.3 is 0 Å². The fraction of sp³-hybridized carbons (Fsp3) is 0.400. The van der Waals surface area contributed by atoms with E-state index in [1.165, 1.54) is 0 Å². The highest BCUT2D eigenvalue weighted by Crippen LogP contribution is 2.21. The fourth-order valence-corrected chi connectivity index (χ4v) is 1.42. The van der Waals surface area contributed by atoms with Crippen molar-refractivity contribution in [3.8, 4) is 0 Å². The summed E-state index contributed by atoms with van der Waals surface area (Å²) in [5, 5.41) is 4.98. The van der Waals surface area contributed by atoms with Crippen molar-refractivity contribution in [2.45, 2.75) is 26.2 Å². The number of rotatable bonds is 0. The molecule has 74 valence electrons. The van der Waals surface area contributed by atoms with Gasteiger partial charge >= 0.3 is 0 Å². The van der Waals surface area contributed by atoms with Gasteiger partial charge in [-0.25, -0.2) is 9.50 Å². The SMILES string of the molecule is CC(C)(C)c1ccc2ncc(Cl)n2n1. The Bertz CT molecular complexity index is 468. The normalized spacial score (nSPS) is 12.3. The Morgan fingerprint density at radius 3 is 2.64 bits per heavy atom. The minimum Gasteiger partial charge on any atom is -0.234 e. The van der Waals surface area contributed by atoms with E-state index < -0.39 is 0 Å². The van der Waals surface area contributed by atoms with E-state index in [-0.39, 0.29) is 5.41 Å². The second-order valence-corrected chi connectivity index (χ2v) is 4.71. The summed E-state index contributed by atoms with van der Waals surface area (Å²) in [4.78, 5) is 4.11. The van der Waals surface area contributed by atoms with Gasteiger partial charge in [0.2, 0.25) is 0 Å². The Kier molecular flexibility index (Phi) is 2.00. The summed E-state index contributed by atoms with van der Waals surface area (Å²) >= 11 is 5.93. The first-order valence-corrected chi connectivity index (χ1v) is 4.87. The summed E-state index contributed by atoms with van der Waals surface area (Å²) in [6.07, 6.45) is 1.61. The third-order valence-electron chi connectivity index (χ3n) is 2.09. The largest absolute Gasteiger partial charge is 0.234 e. The lowest BCUT2D eigenvalue weighted by Crippen LogP contribution is -2.15. The van der Waals surface area contributed by atoms with Crippen molar-refractivity contribution < 1.29 is 0 Å². The first-order valence-electron chi connectivity index (χ1n) is 4.49. The van der Waals surface area contributed by atoms with Crippen molar-refractivity contribution >= 4 is 17.2 Å². The standard InChI is InChI=1S/C10H12ClN3/c1-10(2,3)7-4-5-9-12-6-8(11)14(9)13-7/h4-6H,1-3H3. The Morgan fingerprint density at radius 2 is 2.00 bits per heavy atom. The first-order chi connectivity index (χ1) is 6.48. The lowest BCUT2D eigenvalue weighted by molar-refractivity contribution is 0.554. The minimum atomic E-state index is 0.0296. The zero-order valence-corrected chi connectivity index (χ0v) is 9.21. The third kappa shape index (κ3) is 1.48. The molecule has 0 amide bonds. The van der Waals surface area contributed by atoms with Crippen molar-refractivity contribution in [1.29, 1.82) is 0 Å². The Hall–Kier alpha value is -1.09. The highest BCUT2D eigenvalue weighted by molar-refractivity contribution is 6.29. The lowest BCUT2D eigenvalue weighted by Gasteiger charge is -2.17. The van der Waals surface area contributed by atoms with Gasteiger partial charge in [-0.05, 0) is 12.1 Å². The molecule has 0 aliphatic rings. The first kappa shape index (κ1) is 9.46. The second-order valence-electron chi connectivity index (χ2n) is 4.32. The summed E-state index contributed by atoms with van der Waals surface area (Å²) in [6, 6.07) is 3.91. The second kappa shape index (κ2) is 2.95. The van der Waals surface area contributed by atoms with E-state index >= 15 is 0 Å². The van der Waals surface area contributed by atoms with E-state index in [1.54, 1.807) is 10.7 Å². The number of halogens is 1. The van der Waals surface area contributed by atoms with Gasteiger partial charge in [-0.3, -0.25) is 0 Å². The molecule has 0 saturated heterocycles. The molecule has 0 radical (unpaired) electrons. The summed E-state index contributed by atoms with van der Waals surface area (Å²) in [6.45, 7) is 6.35. The third-order valence-corrected chi connectivity index (χ3v) is 2.35. The maximum atomic E-state index is 5.93. The fourth-order valence-electron chi connectivity index (χ4n) is 1.25. The average Bonchev–Trinajstić information content (AvgIpc) is 2.46. The minimum absolute atomic E-state index is 0.0296. The van der Waals surface area contributed by atoms with Crippen LogP contribution < -0.4 is 0 Å². The van der Waals surface area contributed by atoms with Crippen molar-refractivity contribution in [2.24, 2.45) is 0 Å². The molecule has 0 aromatic carbocycles. The number of fused-ring (bicyclic) bond motifs is 1. The molecule has 0 N–H and O–H groups in total. The quantitative estimate of drug-likeness (QED) is 0.668. The van der Waals surface area contributed by atoms with Gasteiger partial charge in [0.15, 0.2) is 10.8 Å².